The molecule has 0 saturated heterocycles. The molecule has 2 heterocycles. The monoisotopic (exact) mass is 370 g/mol. The maximum atomic E-state index is 12.1. The highest BCUT2D eigenvalue weighted by atomic mass is 32.2. The third-order valence-corrected chi connectivity index (χ3v) is 4.64. The van der Waals surface area contributed by atoms with Gasteiger partial charge in [0.2, 0.25) is 0 Å². The Labute approximate surface area is 154 Å². The van der Waals surface area contributed by atoms with Crippen LogP contribution in [0.2, 0.25) is 0 Å². The van der Waals surface area contributed by atoms with Crippen LogP contribution in [0.25, 0.3) is 5.65 Å². The molecular weight excluding hydrogens is 352 g/mol. The number of esters is 1. The number of aromatic nitrogens is 2. The van der Waals surface area contributed by atoms with Crippen molar-refractivity contribution in [1.29, 1.82) is 0 Å². The van der Waals surface area contributed by atoms with Gasteiger partial charge in [0.15, 0.2) is 0 Å². The van der Waals surface area contributed by atoms with Crippen molar-refractivity contribution in [3.63, 3.8) is 0 Å². The standard InChI is InChI=1S/C19H18N2O4S/c1-13-3-8-17-20-14(9-18(22)21(17)10-13)11-25-19(23)12-26-16-6-4-15(24-2)5-7-16/h3-10H,11-12H2,1-2H3. The third-order valence-electron chi connectivity index (χ3n) is 3.66. The minimum atomic E-state index is -0.364. The van der Waals surface area contributed by atoms with Gasteiger partial charge in [0.1, 0.15) is 18.0 Å². The number of benzene rings is 1. The van der Waals surface area contributed by atoms with E-state index < -0.39 is 0 Å². The zero-order valence-corrected chi connectivity index (χ0v) is 15.3. The Balaban J connectivity index is 1.58. The second kappa shape index (κ2) is 8.05. The number of nitrogens with zero attached hydrogens (tertiary/aromatic N) is 2. The average Bonchev–Trinajstić information content (AvgIpc) is 2.65. The molecule has 0 N–H and O–H groups in total. The van der Waals surface area contributed by atoms with Crippen LogP contribution in [-0.4, -0.2) is 28.2 Å². The van der Waals surface area contributed by atoms with Crippen molar-refractivity contribution in [2.24, 2.45) is 0 Å². The summed E-state index contributed by atoms with van der Waals surface area (Å²) >= 11 is 1.37. The van der Waals surface area contributed by atoms with Crippen molar-refractivity contribution in [1.82, 2.24) is 9.38 Å². The lowest BCUT2D eigenvalue weighted by Gasteiger charge is -2.07. The van der Waals surface area contributed by atoms with Crippen LogP contribution in [0.1, 0.15) is 11.3 Å². The van der Waals surface area contributed by atoms with E-state index in [0.717, 1.165) is 16.2 Å². The highest BCUT2D eigenvalue weighted by Gasteiger charge is 2.08. The van der Waals surface area contributed by atoms with E-state index in [-0.39, 0.29) is 23.9 Å². The van der Waals surface area contributed by atoms with Gasteiger partial charge in [-0.1, -0.05) is 6.07 Å². The van der Waals surface area contributed by atoms with E-state index in [1.165, 1.54) is 22.2 Å². The minimum absolute atomic E-state index is 0.0262. The van der Waals surface area contributed by atoms with E-state index in [1.807, 2.05) is 37.3 Å². The van der Waals surface area contributed by atoms with E-state index in [0.29, 0.717) is 11.3 Å². The molecule has 0 aliphatic heterocycles. The zero-order valence-electron chi connectivity index (χ0n) is 14.5. The fourth-order valence-electron chi connectivity index (χ4n) is 2.34. The molecule has 26 heavy (non-hydrogen) atoms. The van der Waals surface area contributed by atoms with E-state index in [4.69, 9.17) is 9.47 Å². The number of pyridine rings is 1. The van der Waals surface area contributed by atoms with E-state index in [9.17, 15) is 9.59 Å². The van der Waals surface area contributed by atoms with E-state index >= 15 is 0 Å². The Hall–Kier alpha value is -2.80. The number of hydrogen-bond donors (Lipinski definition) is 0. The quantitative estimate of drug-likeness (QED) is 0.491. The molecule has 0 amide bonds. The summed E-state index contributed by atoms with van der Waals surface area (Å²) in [5.41, 5.74) is 1.73. The van der Waals surface area contributed by atoms with Gasteiger partial charge in [-0.25, -0.2) is 4.98 Å². The first-order chi connectivity index (χ1) is 12.5. The van der Waals surface area contributed by atoms with Gasteiger partial charge < -0.3 is 9.47 Å². The maximum absolute atomic E-state index is 12.1. The normalized spacial score (nSPS) is 10.7. The van der Waals surface area contributed by atoms with E-state index in [2.05, 4.69) is 4.98 Å². The Morgan fingerprint density at radius 1 is 1.19 bits per heavy atom. The molecular formula is C19H18N2O4S. The number of ether oxygens (including phenoxy) is 2. The predicted octanol–water partition coefficient (Wildman–Crippen LogP) is 2.85. The molecule has 7 heteroatoms. The van der Waals surface area contributed by atoms with Crippen LogP contribution in [0.3, 0.4) is 0 Å². The third kappa shape index (κ3) is 4.43. The summed E-state index contributed by atoms with van der Waals surface area (Å²) in [6, 6.07) is 12.5. The van der Waals surface area contributed by atoms with Gasteiger partial charge in [-0.2, -0.15) is 0 Å². The smallest absolute Gasteiger partial charge is 0.316 e. The Bertz CT molecular complexity index is 983. The summed E-state index contributed by atoms with van der Waals surface area (Å²) in [6.45, 7) is 1.88. The van der Waals surface area contributed by atoms with Gasteiger partial charge in [0.05, 0.1) is 18.6 Å². The molecule has 6 nitrogen and oxygen atoms in total. The Morgan fingerprint density at radius 2 is 1.96 bits per heavy atom. The van der Waals surface area contributed by atoms with Crippen LogP contribution in [0.15, 0.2) is 58.4 Å². The number of hydrogen-bond acceptors (Lipinski definition) is 6. The molecule has 0 aliphatic rings. The van der Waals surface area contributed by atoms with Crippen molar-refractivity contribution < 1.29 is 14.3 Å². The van der Waals surface area contributed by atoms with Crippen LogP contribution in [-0.2, 0) is 16.1 Å². The second-order valence-electron chi connectivity index (χ2n) is 5.65. The van der Waals surface area contributed by atoms with Crippen molar-refractivity contribution in [2.75, 3.05) is 12.9 Å². The molecule has 3 rings (SSSR count). The molecule has 1 aromatic carbocycles. The molecule has 0 saturated carbocycles. The summed E-state index contributed by atoms with van der Waals surface area (Å²) in [5, 5.41) is 0. The maximum Gasteiger partial charge on any atom is 0.316 e. The van der Waals surface area contributed by atoms with Gasteiger partial charge in [0.25, 0.3) is 5.56 Å². The number of rotatable bonds is 6. The highest BCUT2D eigenvalue weighted by Crippen LogP contribution is 2.21. The lowest BCUT2D eigenvalue weighted by atomic mass is 10.3. The van der Waals surface area contributed by atoms with Gasteiger partial charge in [0, 0.05) is 17.2 Å². The van der Waals surface area contributed by atoms with Crippen LogP contribution in [0, 0.1) is 6.92 Å². The van der Waals surface area contributed by atoms with Gasteiger partial charge in [-0.15, -0.1) is 11.8 Å². The number of carbonyl (C=O) groups excluding carboxylic acids is 1. The minimum Gasteiger partial charge on any atom is -0.497 e. The van der Waals surface area contributed by atoms with Crippen LogP contribution in [0.4, 0.5) is 0 Å². The molecule has 134 valence electrons. The molecule has 0 radical (unpaired) electrons. The van der Waals surface area contributed by atoms with Gasteiger partial charge >= 0.3 is 5.97 Å². The van der Waals surface area contributed by atoms with Crippen LogP contribution in [0.5, 0.6) is 5.75 Å². The number of methoxy groups -OCH3 is 1. The first kappa shape index (κ1) is 18.0. The average molecular weight is 370 g/mol. The summed E-state index contributed by atoms with van der Waals surface area (Å²) in [7, 11) is 1.60. The molecule has 0 bridgehead atoms. The van der Waals surface area contributed by atoms with Crippen molar-refractivity contribution >= 4 is 23.4 Å². The van der Waals surface area contributed by atoms with Crippen molar-refractivity contribution in [3.8, 4) is 5.75 Å². The topological polar surface area (TPSA) is 69.9 Å². The largest absolute Gasteiger partial charge is 0.497 e. The number of fused-ring (bicyclic) bond motifs is 1. The molecule has 0 spiro atoms. The lowest BCUT2D eigenvalue weighted by Crippen LogP contribution is -2.17. The number of thioether (sulfide) groups is 1. The molecule has 3 aromatic rings. The zero-order chi connectivity index (χ0) is 18.5. The molecule has 2 aromatic heterocycles. The van der Waals surface area contributed by atoms with Gasteiger partial charge in [-0.3, -0.25) is 14.0 Å². The molecule has 0 fully saturated rings. The molecule has 0 atom stereocenters. The predicted molar refractivity (Wildman–Crippen MR) is 99.7 cm³/mol. The van der Waals surface area contributed by atoms with Crippen molar-refractivity contribution in [2.45, 2.75) is 18.4 Å². The fraction of sp³-hybridized carbons (Fsp3) is 0.211. The van der Waals surface area contributed by atoms with Crippen LogP contribution < -0.4 is 10.3 Å². The fourth-order valence-corrected chi connectivity index (χ4v) is 3.04. The Kier molecular flexibility index (Phi) is 5.58. The second-order valence-corrected chi connectivity index (χ2v) is 6.69. The summed E-state index contributed by atoms with van der Waals surface area (Å²) in [5.74, 6) is 0.579. The SMILES string of the molecule is COc1ccc(SCC(=O)OCc2cc(=O)n3cc(C)ccc3n2)cc1. The van der Waals surface area contributed by atoms with E-state index in [1.54, 1.807) is 19.4 Å². The van der Waals surface area contributed by atoms with Gasteiger partial charge in [-0.05, 0) is 42.8 Å². The summed E-state index contributed by atoms with van der Waals surface area (Å²) in [4.78, 5) is 29.4. The first-order valence-electron chi connectivity index (χ1n) is 7.96. The highest BCUT2D eigenvalue weighted by molar-refractivity contribution is 8.00. The number of carbonyl (C=O) groups is 1. The molecule has 0 unspecified atom stereocenters. The number of aryl methyl sites for hydroxylation is 1. The first-order valence-corrected chi connectivity index (χ1v) is 8.95. The summed E-state index contributed by atoms with van der Waals surface area (Å²) < 4.78 is 11.8. The van der Waals surface area contributed by atoms with Crippen LogP contribution >= 0.6 is 11.8 Å². The van der Waals surface area contributed by atoms with Crippen molar-refractivity contribution in [3.05, 3.63) is 70.3 Å². The Morgan fingerprint density at radius 3 is 2.69 bits per heavy atom. The summed E-state index contributed by atoms with van der Waals surface area (Å²) in [6.07, 6.45) is 1.73. The lowest BCUT2D eigenvalue weighted by molar-refractivity contribution is -0.141. The molecule has 0 aliphatic carbocycles.